The Balaban J connectivity index is 1.87. The monoisotopic (exact) mass is 295 g/mol. The van der Waals surface area contributed by atoms with Gasteiger partial charge in [-0.1, -0.05) is 11.6 Å². The lowest BCUT2D eigenvalue weighted by Gasteiger charge is -2.22. The molecule has 1 aliphatic heterocycles. The average Bonchev–Trinajstić information content (AvgIpc) is 2.91. The second-order valence-electron chi connectivity index (χ2n) is 4.48. The summed E-state index contributed by atoms with van der Waals surface area (Å²) >= 11 is 6.00. The molecule has 2 heterocycles. The van der Waals surface area contributed by atoms with Gasteiger partial charge in [0.25, 0.3) is 0 Å². The van der Waals surface area contributed by atoms with Gasteiger partial charge in [-0.25, -0.2) is 4.68 Å². The number of aromatic nitrogens is 4. The van der Waals surface area contributed by atoms with Crippen LogP contribution in [0.4, 0.5) is 5.69 Å². The van der Waals surface area contributed by atoms with Crippen LogP contribution in [0.5, 0.6) is 0 Å². The Kier molecular flexibility index (Phi) is 3.81. The summed E-state index contributed by atoms with van der Waals surface area (Å²) in [6.07, 6.45) is -0.0635. The average molecular weight is 296 g/mol. The molecule has 1 aliphatic rings. The molecule has 1 aromatic heterocycles. The van der Waals surface area contributed by atoms with Gasteiger partial charge in [-0.2, -0.15) is 0 Å². The molecule has 106 valence electrons. The van der Waals surface area contributed by atoms with Crippen molar-refractivity contribution in [1.29, 1.82) is 0 Å². The van der Waals surface area contributed by atoms with Crippen LogP contribution in [0.25, 0.3) is 11.4 Å². The topological polar surface area (TPSA) is 88.1 Å². The van der Waals surface area contributed by atoms with Crippen LogP contribution in [0.3, 0.4) is 0 Å². The maximum absolute atomic E-state index is 6.00. The van der Waals surface area contributed by atoms with Crippen molar-refractivity contribution in [2.45, 2.75) is 12.6 Å². The minimum absolute atomic E-state index is 0.0635. The summed E-state index contributed by atoms with van der Waals surface area (Å²) in [7, 11) is 0. The van der Waals surface area contributed by atoms with E-state index in [0.29, 0.717) is 48.5 Å². The van der Waals surface area contributed by atoms with Gasteiger partial charge in [0.2, 0.25) is 0 Å². The first kappa shape index (κ1) is 13.3. The summed E-state index contributed by atoms with van der Waals surface area (Å²) in [5.74, 6) is 0.569. The van der Waals surface area contributed by atoms with E-state index >= 15 is 0 Å². The Morgan fingerprint density at radius 1 is 1.40 bits per heavy atom. The number of hydrogen-bond donors (Lipinski definition) is 1. The molecule has 2 N–H and O–H groups in total. The quantitative estimate of drug-likeness (QED) is 0.850. The number of tetrazole rings is 1. The van der Waals surface area contributed by atoms with Gasteiger partial charge < -0.3 is 15.2 Å². The first-order valence-electron chi connectivity index (χ1n) is 6.25. The number of halogens is 1. The molecule has 1 atom stereocenters. The molecule has 2 aromatic rings. The van der Waals surface area contributed by atoms with Crippen LogP contribution in [0.1, 0.15) is 0 Å². The van der Waals surface area contributed by atoms with Crippen molar-refractivity contribution in [3.05, 3.63) is 23.2 Å². The maximum Gasteiger partial charge on any atom is 0.184 e. The van der Waals surface area contributed by atoms with Crippen molar-refractivity contribution in [2.75, 3.05) is 25.6 Å². The third-order valence-corrected chi connectivity index (χ3v) is 3.28. The van der Waals surface area contributed by atoms with Gasteiger partial charge in [0.1, 0.15) is 6.10 Å². The molecule has 0 bridgehead atoms. The lowest BCUT2D eigenvalue weighted by molar-refractivity contribution is -0.0946. The molecule has 7 nitrogen and oxygen atoms in total. The number of hydrogen-bond acceptors (Lipinski definition) is 6. The summed E-state index contributed by atoms with van der Waals surface area (Å²) < 4.78 is 12.6. The van der Waals surface area contributed by atoms with E-state index in [0.717, 1.165) is 0 Å². The summed E-state index contributed by atoms with van der Waals surface area (Å²) in [5.41, 5.74) is 7.24. The van der Waals surface area contributed by atoms with Crippen LogP contribution < -0.4 is 5.73 Å². The predicted molar refractivity (Wildman–Crippen MR) is 73.2 cm³/mol. The summed E-state index contributed by atoms with van der Waals surface area (Å²) in [4.78, 5) is 0. The Hall–Kier alpha value is -1.70. The van der Waals surface area contributed by atoms with Crippen molar-refractivity contribution >= 4 is 17.3 Å². The second kappa shape index (κ2) is 5.74. The van der Waals surface area contributed by atoms with Crippen LogP contribution in [-0.2, 0) is 16.0 Å². The number of rotatable bonds is 3. The van der Waals surface area contributed by atoms with Gasteiger partial charge in [0.15, 0.2) is 5.82 Å². The molecule has 0 spiro atoms. The standard InChI is InChI=1S/C12H14ClN5O2/c13-8-1-2-11(14)10(5-8)12-15-16-17-18(12)6-9-7-19-3-4-20-9/h1-2,5,9H,3-4,6-7,14H2. The fourth-order valence-electron chi connectivity index (χ4n) is 2.08. The zero-order valence-electron chi connectivity index (χ0n) is 10.7. The van der Waals surface area contributed by atoms with E-state index in [2.05, 4.69) is 15.5 Å². The fourth-order valence-corrected chi connectivity index (χ4v) is 2.25. The second-order valence-corrected chi connectivity index (χ2v) is 4.92. The number of ether oxygens (including phenoxy) is 2. The third-order valence-electron chi connectivity index (χ3n) is 3.05. The molecule has 0 radical (unpaired) electrons. The van der Waals surface area contributed by atoms with E-state index < -0.39 is 0 Å². The van der Waals surface area contributed by atoms with E-state index in [4.69, 9.17) is 26.8 Å². The van der Waals surface area contributed by atoms with E-state index in [1.165, 1.54) is 0 Å². The predicted octanol–water partition coefficient (Wildman–Crippen LogP) is 0.991. The highest BCUT2D eigenvalue weighted by Crippen LogP contribution is 2.27. The largest absolute Gasteiger partial charge is 0.398 e. The molecule has 1 saturated heterocycles. The Morgan fingerprint density at radius 3 is 3.10 bits per heavy atom. The molecule has 20 heavy (non-hydrogen) atoms. The fraction of sp³-hybridized carbons (Fsp3) is 0.417. The number of anilines is 1. The summed E-state index contributed by atoms with van der Waals surface area (Å²) in [5, 5.41) is 12.3. The third kappa shape index (κ3) is 2.74. The zero-order chi connectivity index (χ0) is 13.9. The van der Waals surface area contributed by atoms with E-state index in [-0.39, 0.29) is 6.10 Å². The van der Waals surface area contributed by atoms with E-state index in [1.807, 2.05) is 0 Å². The number of nitrogen functional groups attached to an aromatic ring is 1. The van der Waals surface area contributed by atoms with Crippen LogP contribution in [0.15, 0.2) is 18.2 Å². The SMILES string of the molecule is Nc1ccc(Cl)cc1-c1nnnn1CC1COCCO1. The van der Waals surface area contributed by atoms with Crippen molar-refractivity contribution in [3.8, 4) is 11.4 Å². The lowest BCUT2D eigenvalue weighted by atomic mass is 10.1. The van der Waals surface area contributed by atoms with Crippen LogP contribution in [-0.4, -0.2) is 46.1 Å². The summed E-state index contributed by atoms with van der Waals surface area (Å²) in [6, 6.07) is 5.21. The Morgan fingerprint density at radius 2 is 2.30 bits per heavy atom. The van der Waals surface area contributed by atoms with E-state index in [1.54, 1.807) is 22.9 Å². The minimum Gasteiger partial charge on any atom is -0.398 e. The smallest absolute Gasteiger partial charge is 0.184 e. The van der Waals surface area contributed by atoms with Crippen molar-refractivity contribution in [2.24, 2.45) is 0 Å². The molecule has 0 amide bonds. The van der Waals surface area contributed by atoms with Crippen molar-refractivity contribution in [1.82, 2.24) is 20.2 Å². The van der Waals surface area contributed by atoms with Gasteiger partial charge in [-0.05, 0) is 28.6 Å². The highest BCUT2D eigenvalue weighted by Gasteiger charge is 2.19. The van der Waals surface area contributed by atoms with Gasteiger partial charge in [-0.15, -0.1) is 5.10 Å². The molecule has 0 aliphatic carbocycles. The number of nitrogens with zero attached hydrogens (tertiary/aromatic N) is 4. The van der Waals surface area contributed by atoms with Gasteiger partial charge in [0.05, 0.1) is 26.4 Å². The minimum atomic E-state index is -0.0635. The molecule has 3 rings (SSSR count). The Bertz CT molecular complexity index is 597. The number of nitrogens with two attached hydrogens (primary N) is 1. The normalized spacial score (nSPS) is 19.1. The Labute approximate surface area is 120 Å². The summed E-state index contributed by atoms with van der Waals surface area (Å²) in [6.45, 7) is 2.25. The first-order chi connectivity index (χ1) is 9.74. The molecule has 1 unspecified atom stereocenters. The van der Waals surface area contributed by atoms with Crippen LogP contribution in [0.2, 0.25) is 5.02 Å². The van der Waals surface area contributed by atoms with Crippen LogP contribution >= 0.6 is 11.6 Å². The molecule has 1 aromatic carbocycles. The van der Waals surface area contributed by atoms with Crippen LogP contribution in [0, 0.1) is 0 Å². The van der Waals surface area contributed by atoms with Gasteiger partial charge in [-0.3, -0.25) is 0 Å². The molecule has 0 saturated carbocycles. The molecular weight excluding hydrogens is 282 g/mol. The lowest BCUT2D eigenvalue weighted by Crippen LogP contribution is -2.32. The number of benzene rings is 1. The maximum atomic E-state index is 6.00. The van der Waals surface area contributed by atoms with Gasteiger partial charge in [0, 0.05) is 16.3 Å². The highest BCUT2D eigenvalue weighted by molar-refractivity contribution is 6.31. The highest BCUT2D eigenvalue weighted by atomic mass is 35.5. The molecule has 8 heteroatoms. The molecule has 1 fully saturated rings. The van der Waals surface area contributed by atoms with Gasteiger partial charge >= 0.3 is 0 Å². The molecular formula is C12H14ClN5O2. The van der Waals surface area contributed by atoms with E-state index in [9.17, 15) is 0 Å². The zero-order valence-corrected chi connectivity index (χ0v) is 11.5. The first-order valence-corrected chi connectivity index (χ1v) is 6.63. The van der Waals surface area contributed by atoms with Crippen molar-refractivity contribution < 1.29 is 9.47 Å². The van der Waals surface area contributed by atoms with Crippen molar-refractivity contribution in [3.63, 3.8) is 0 Å².